The molecule has 0 saturated heterocycles. The summed E-state index contributed by atoms with van der Waals surface area (Å²) >= 11 is 3.56. The van der Waals surface area contributed by atoms with E-state index in [9.17, 15) is 4.79 Å². The van der Waals surface area contributed by atoms with E-state index in [0.29, 0.717) is 12.7 Å². The standard InChI is InChI=1S/C18H21BrN2O4/c1-24-13-4-6-17(7-5-13)9-11-2-3-12(19)8-14(11)18(17)10-25-15(21-18)20-16(22)23/h2-3,8,13H,4-7,9-10H2,1H3,(H,20,21)(H,22,23). The zero-order valence-corrected chi connectivity index (χ0v) is 15.6. The second-order valence-corrected chi connectivity index (χ2v) is 8.11. The lowest BCUT2D eigenvalue weighted by molar-refractivity contribution is -0.00989. The summed E-state index contributed by atoms with van der Waals surface area (Å²) in [7, 11) is 1.77. The first-order valence-corrected chi connectivity index (χ1v) is 9.32. The molecule has 25 heavy (non-hydrogen) atoms. The van der Waals surface area contributed by atoms with Crippen molar-refractivity contribution in [2.24, 2.45) is 10.4 Å². The fraction of sp³-hybridized carbons (Fsp3) is 0.556. The number of amidine groups is 1. The highest BCUT2D eigenvalue weighted by Gasteiger charge is 2.61. The molecule has 1 unspecified atom stereocenters. The number of ether oxygens (including phenoxy) is 2. The van der Waals surface area contributed by atoms with Crippen LogP contribution in [0.5, 0.6) is 0 Å². The lowest BCUT2D eigenvalue weighted by atomic mass is 9.62. The molecule has 2 aliphatic carbocycles. The van der Waals surface area contributed by atoms with Crippen LogP contribution in [0, 0.1) is 5.41 Å². The zero-order valence-electron chi connectivity index (χ0n) is 14.0. The van der Waals surface area contributed by atoms with Gasteiger partial charge in [-0.2, -0.15) is 0 Å². The Morgan fingerprint density at radius 3 is 2.88 bits per heavy atom. The summed E-state index contributed by atoms with van der Waals surface area (Å²) < 4.78 is 12.2. The SMILES string of the molecule is COC1CCC2(CC1)Cc1ccc(Br)cc1C21COC(NC(=O)O)=N1. The molecular formula is C18H21BrN2O4. The number of nitrogens with zero attached hydrogens (tertiary/aromatic N) is 1. The number of carboxylic acid groups (broad SMARTS) is 1. The van der Waals surface area contributed by atoms with Crippen LogP contribution in [0.2, 0.25) is 0 Å². The third kappa shape index (κ3) is 2.56. The first-order valence-electron chi connectivity index (χ1n) is 8.52. The quantitative estimate of drug-likeness (QED) is 0.745. The average molecular weight is 409 g/mol. The molecule has 1 saturated carbocycles. The van der Waals surface area contributed by atoms with E-state index in [1.807, 2.05) is 0 Å². The van der Waals surface area contributed by atoms with Crippen LogP contribution in [0.4, 0.5) is 4.79 Å². The molecule has 1 fully saturated rings. The van der Waals surface area contributed by atoms with Crippen LogP contribution in [-0.4, -0.2) is 37.0 Å². The van der Waals surface area contributed by atoms with E-state index in [-0.39, 0.29) is 11.4 Å². The van der Waals surface area contributed by atoms with Gasteiger partial charge in [-0.3, -0.25) is 0 Å². The zero-order chi connectivity index (χ0) is 17.7. The number of rotatable bonds is 1. The average Bonchev–Trinajstić information content (AvgIpc) is 3.11. The molecule has 1 heterocycles. The van der Waals surface area contributed by atoms with Crippen molar-refractivity contribution >= 4 is 28.0 Å². The van der Waals surface area contributed by atoms with Gasteiger partial charge in [0.2, 0.25) is 0 Å². The van der Waals surface area contributed by atoms with Gasteiger partial charge in [0.15, 0.2) is 0 Å². The Hall–Kier alpha value is -1.60. The van der Waals surface area contributed by atoms with Crippen LogP contribution >= 0.6 is 15.9 Å². The maximum atomic E-state index is 11.0. The lowest BCUT2D eigenvalue weighted by Crippen LogP contribution is -2.46. The number of aliphatic imine (C=N–C) groups is 1. The van der Waals surface area contributed by atoms with Crippen LogP contribution in [0.1, 0.15) is 36.8 Å². The molecule has 4 rings (SSSR count). The summed E-state index contributed by atoms with van der Waals surface area (Å²) in [5.41, 5.74) is 1.86. The highest BCUT2D eigenvalue weighted by Crippen LogP contribution is 2.61. The van der Waals surface area contributed by atoms with Crippen molar-refractivity contribution in [1.82, 2.24) is 5.32 Å². The Labute approximate surface area is 154 Å². The number of halogens is 1. The third-order valence-electron chi connectivity index (χ3n) is 6.07. The summed E-state index contributed by atoms with van der Waals surface area (Å²) in [4.78, 5) is 15.8. The molecule has 1 aliphatic heterocycles. The minimum atomic E-state index is -1.15. The molecule has 0 radical (unpaired) electrons. The number of benzene rings is 1. The van der Waals surface area contributed by atoms with Crippen LogP contribution < -0.4 is 5.32 Å². The molecule has 3 aliphatic rings. The molecule has 1 atom stereocenters. The number of carbonyl (C=O) groups is 1. The highest BCUT2D eigenvalue weighted by molar-refractivity contribution is 9.10. The topological polar surface area (TPSA) is 80.2 Å². The Bertz CT molecular complexity index is 743. The molecule has 7 heteroatoms. The van der Waals surface area contributed by atoms with E-state index >= 15 is 0 Å². The number of nitrogens with one attached hydrogen (secondary N) is 1. The number of amides is 1. The molecule has 134 valence electrons. The number of hydrogen-bond donors (Lipinski definition) is 2. The van der Waals surface area contributed by atoms with Crippen molar-refractivity contribution in [3.8, 4) is 0 Å². The Kier molecular flexibility index (Phi) is 4.03. The summed E-state index contributed by atoms with van der Waals surface area (Å²) in [6, 6.07) is 6.43. The predicted molar refractivity (Wildman–Crippen MR) is 95.8 cm³/mol. The largest absolute Gasteiger partial charge is 0.465 e. The molecule has 6 nitrogen and oxygen atoms in total. The van der Waals surface area contributed by atoms with Gasteiger partial charge >= 0.3 is 6.09 Å². The second-order valence-electron chi connectivity index (χ2n) is 7.19. The summed E-state index contributed by atoms with van der Waals surface area (Å²) in [6.07, 6.45) is 4.05. The smallest absolute Gasteiger partial charge is 0.412 e. The predicted octanol–water partition coefficient (Wildman–Crippen LogP) is 3.43. The molecular weight excluding hydrogens is 388 g/mol. The van der Waals surface area contributed by atoms with Gasteiger partial charge in [0.1, 0.15) is 12.1 Å². The van der Waals surface area contributed by atoms with Gasteiger partial charge in [0, 0.05) is 17.0 Å². The minimum Gasteiger partial charge on any atom is -0.465 e. The van der Waals surface area contributed by atoms with Gasteiger partial charge in [-0.05, 0) is 55.4 Å². The first kappa shape index (κ1) is 16.8. The van der Waals surface area contributed by atoms with Crippen molar-refractivity contribution in [2.75, 3.05) is 13.7 Å². The number of methoxy groups -OCH3 is 1. The number of fused-ring (bicyclic) bond motifs is 3. The van der Waals surface area contributed by atoms with E-state index < -0.39 is 11.6 Å². The molecule has 2 spiro atoms. The maximum Gasteiger partial charge on any atom is 0.412 e. The summed E-state index contributed by atoms with van der Waals surface area (Å²) in [5, 5.41) is 11.3. The Morgan fingerprint density at radius 1 is 1.44 bits per heavy atom. The van der Waals surface area contributed by atoms with E-state index in [4.69, 9.17) is 19.6 Å². The van der Waals surface area contributed by atoms with Gasteiger partial charge in [0.25, 0.3) is 6.02 Å². The maximum absolute atomic E-state index is 11.0. The lowest BCUT2D eigenvalue weighted by Gasteiger charge is -2.45. The van der Waals surface area contributed by atoms with E-state index in [0.717, 1.165) is 42.1 Å². The summed E-state index contributed by atoms with van der Waals surface area (Å²) in [6.45, 7) is 0.379. The first-order chi connectivity index (χ1) is 12.0. The van der Waals surface area contributed by atoms with Crippen molar-refractivity contribution < 1.29 is 19.4 Å². The monoisotopic (exact) mass is 408 g/mol. The van der Waals surface area contributed by atoms with Gasteiger partial charge in [0.05, 0.1) is 6.10 Å². The van der Waals surface area contributed by atoms with Crippen LogP contribution in [0.25, 0.3) is 0 Å². The molecule has 2 N–H and O–H groups in total. The van der Waals surface area contributed by atoms with Crippen LogP contribution in [-0.2, 0) is 21.4 Å². The van der Waals surface area contributed by atoms with Gasteiger partial charge in [-0.15, -0.1) is 0 Å². The third-order valence-corrected chi connectivity index (χ3v) is 6.56. The van der Waals surface area contributed by atoms with Gasteiger partial charge in [-0.25, -0.2) is 15.1 Å². The van der Waals surface area contributed by atoms with Crippen molar-refractivity contribution in [3.05, 3.63) is 33.8 Å². The Balaban J connectivity index is 1.78. The fourth-order valence-corrected chi connectivity index (χ4v) is 5.19. The van der Waals surface area contributed by atoms with Crippen molar-refractivity contribution in [2.45, 2.75) is 43.7 Å². The second kappa shape index (κ2) is 5.99. The van der Waals surface area contributed by atoms with Crippen molar-refractivity contribution in [1.29, 1.82) is 0 Å². The Morgan fingerprint density at radius 2 is 2.20 bits per heavy atom. The van der Waals surface area contributed by atoms with Gasteiger partial charge in [-0.1, -0.05) is 22.0 Å². The summed E-state index contributed by atoms with van der Waals surface area (Å²) in [5.74, 6) is 0. The molecule has 0 aromatic heterocycles. The van der Waals surface area contributed by atoms with Gasteiger partial charge < -0.3 is 14.6 Å². The molecule has 1 aromatic carbocycles. The van der Waals surface area contributed by atoms with E-state index in [1.54, 1.807) is 7.11 Å². The van der Waals surface area contributed by atoms with Crippen molar-refractivity contribution in [3.63, 3.8) is 0 Å². The van der Waals surface area contributed by atoms with E-state index in [1.165, 1.54) is 5.56 Å². The fourth-order valence-electron chi connectivity index (χ4n) is 4.83. The molecule has 0 bridgehead atoms. The minimum absolute atomic E-state index is 0.0485. The number of hydrogen-bond acceptors (Lipinski definition) is 4. The highest BCUT2D eigenvalue weighted by atomic mass is 79.9. The van der Waals surface area contributed by atoms with Crippen LogP contribution in [0.3, 0.4) is 0 Å². The molecule has 1 aromatic rings. The van der Waals surface area contributed by atoms with E-state index in [2.05, 4.69) is 39.4 Å². The van der Waals surface area contributed by atoms with Crippen LogP contribution in [0.15, 0.2) is 27.7 Å². The molecule has 1 amide bonds. The normalized spacial score (nSPS) is 33.2.